The van der Waals surface area contributed by atoms with Crippen LogP contribution in [0.1, 0.15) is 81.3 Å². The zero-order valence-electron chi connectivity index (χ0n) is 21.5. The fourth-order valence-corrected chi connectivity index (χ4v) is 36.6. The molecule has 2 heteroatoms. The zero-order valence-corrected chi connectivity index (χ0v) is 26.1. The molecule has 0 unspecified atom stereocenters. The van der Waals surface area contributed by atoms with Gasteiger partial charge in [-0.25, -0.2) is 0 Å². The van der Waals surface area contributed by atoms with Crippen molar-refractivity contribution in [3.8, 4) is 11.1 Å². The van der Waals surface area contributed by atoms with E-state index in [4.69, 9.17) is 0 Å². The minimum absolute atomic E-state index is 0.173. The van der Waals surface area contributed by atoms with E-state index < -0.39 is 20.1 Å². The number of hydrogen-bond acceptors (Lipinski definition) is 0. The van der Waals surface area contributed by atoms with Crippen LogP contribution < -0.4 is 0 Å². The standard InChI is InChI=1S/C21H25.C5H5.C4H10Si.Hf/c1-20(2,3)16-9-7-14-11-15-8-10-17(21(4,5)6)13-19(15)18(14)12-16;1-2-4-5-3-1;1-4(2)5-3;/h7-13H,1-6H3;1-5H;4H,1-3H3;. The molecule has 0 amide bonds. The number of rotatable bonds is 3. The van der Waals surface area contributed by atoms with Crippen molar-refractivity contribution in [2.24, 2.45) is 0 Å². The molecule has 2 aliphatic carbocycles. The Bertz CT molecular complexity index is 1060. The first kappa shape index (κ1) is 24.1. The molecule has 0 heterocycles. The number of benzene rings is 2. The molecule has 168 valence electrons. The topological polar surface area (TPSA) is 0 Å². The Balaban J connectivity index is 2.01. The average molecular weight is 607 g/mol. The van der Waals surface area contributed by atoms with Gasteiger partial charge in [-0.15, -0.1) is 0 Å². The van der Waals surface area contributed by atoms with Gasteiger partial charge in [0.2, 0.25) is 0 Å². The molecule has 0 nitrogen and oxygen atoms in total. The van der Waals surface area contributed by atoms with Gasteiger partial charge in [-0.3, -0.25) is 0 Å². The summed E-state index contributed by atoms with van der Waals surface area (Å²) < 4.78 is 1.46. The summed E-state index contributed by atoms with van der Waals surface area (Å²) in [5.74, 6) is 0. The van der Waals surface area contributed by atoms with Crippen LogP contribution in [0, 0.1) is 0 Å². The third kappa shape index (κ3) is 4.39. The molecular formula is C30H40HfSi. The second-order valence-corrected chi connectivity index (χ2v) is 35.6. The van der Waals surface area contributed by atoms with E-state index in [2.05, 4.69) is 123 Å². The van der Waals surface area contributed by atoms with E-state index in [9.17, 15) is 0 Å². The summed E-state index contributed by atoms with van der Waals surface area (Å²) in [4.78, 5) is 0. The maximum absolute atomic E-state index is 2.67. The molecule has 0 atom stereocenters. The second kappa shape index (κ2) is 8.66. The van der Waals surface area contributed by atoms with Crippen LogP contribution in [0.25, 0.3) is 11.1 Å². The van der Waals surface area contributed by atoms with Crippen molar-refractivity contribution >= 4 is 5.49 Å². The first-order valence-corrected chi connectivity index (χ1v) is 23.9. The van der Waals surface area contributed by atoms with E-state index in [-0.39, 0.29) is 16.3 Å². The Morgan fingerprint density at radius 2 is 1.19 bits per heavy atom. The molecule has 0 saturated carbocycles. The van der Waals surface area contributed by atoms with E-state index in [1.807, 2.05) is 0 Å². The van der Waals surface area contributed by atoms with Gasteiger partial charge < -0.3 is 0 Å². The molecule has 0 aliphatic heterocycles. The van der Waals surface area contributed by atoms with Crippen LogP contribution in [0.15, 0.2) is 60.7 Å². The molecule has 0 spiro atoms. The predicted octanol–water partition coefficient (Wildman–Crippen LogP) is 8.92. The molecule has 0 N–H and O–H groups in total. The minimum atomic E-state index is -2.12. The SMILES string of the molecule is CC(C)[Si](C)=[Hf]([CH]1C=CC=C1)[CH]1c2ccc(C(C)(C)C)cc2-c2cc(C(C)(C)C)ccc21. The van der Waals surface area contributed by atoms with Crippen molar-refractivity contribution in [3.63, 3.8) is 0 Å². The van der Waals surface area contributed by atoms with Crippen molar-refractivity contribution in [2.75, 3.05) is 0 Å². The van der Waals surface area contributed by atoms with Crippen LogP contribution in [0.5, 0.6) is 0 Å². The molecule has 0 radical (unpaired) electrons. The number of allylic oxidation sites excluding steroid dienone is 4. The summed E-state index contributed by atoms with van der Waals surface area (Å²) in [6.07, 6.45) is 9.71. The molecule has 2 aromatic carbocycles. The Hall–Kier alpha value is -0.993. The fraction of sp³-hybridized carbons (Fsp3) is 0.467. The van der Waals surface area contributed by atoms with Crippen molar-refractivity contribution in [3.05, 3.63) is 83.0 Å². The van der Waals surface area contributed by atoms with Crippen molar-refractivity contribution < 1.29 is 20.1 Å². The summed E-state index contributed by atoms with van der Waals surface area (Å²) >= 11 is -2.12. The first-order valence-electron chi connectivity index (χ1n) is 12.2. The van der Waals surface area contributed by atoms with E-state index in [0.29, 0.717) is 3.67 Å². The van der Waals surface area contributed by atoms with Crippen LogP contribution in [0.3, 0.4) is 0 Å². The molecular weight excluding hydrogens is 567 g/mol. The second-order valence-electron chi connectivity index (χ2n) is 12.1. The third-order valence-corrected chi connectivity index (χ3v) is 39.7. The number of hydrogen-bond donors (Lipinski definition) is 0. The quantitative estimate of drug-likeness (QED) is 0.306. The van der Waals surface area contributed by atoms with Gasteiger partial charge in [0.05, 0.1) is 0 Å². The van der Waals surface area contributed by atoms with E-state index in [0.717, 1.165) is 9.22 Å². The van der Waals surface area contributed by atoms with Crippen LogP contribution in [0.4, 0.5) is 0 Å². The molecule has 0 bridgehead atoms. The zero-order chi connectivity index (χ0) is 23.4. The van der Waals surface area contributed by atoms with Crippen LogP contribution in [0.2, 0.25) is 15.8 Å². The molecule has 0 fully saturated rings. The van der Waals surface area contributed by atoms with E-state index in [1.54, 1.807) is 11.1 Å². The van der Waals surface area contributed by atoms with Crippen LogP contribution in [-0.2, 0) is 30.9 Å². The van der Waals surface area contributed by atoms with Crippen molar-refractivity contribution in [1.29, 1.82) is 0 Å². The Morgan fingerprint density at radius 1 is 0.750 bits per heavy atom. The summed E-state index contributed by atoms with van der Waals surface area (Å²) in [7, 11) is 0. The monoisotopic (exact) mass is 608 g/mol. The third-order valence-electron chi connectivity index (χ3n) is 7.49. The Morgan fingerprint density at radius 3 is 1.56 bits per heavy atom. The molecule has 2 aromatic rings. The van der Waals surface area contributed by atoms with Gasteiger partial charge >= 0.3 is 205 Å². The number of fused-ring (bicyclic) bond motifs is 3. The van der Waals surface area contributed by atoms with Gasteiger partial charge in [0, 0.05) is 0 Å². The molecule has 0 aromatic heterocycles. The van der Waals surface area contributed by atoms with Crippen molar-refractivity contribution in [1.82, 2.24) is 0 Å². The summed E-state index contributed by atoms with van der Waals surface area (Å²) in [5.41, 5.74) is 10.1. The first-order chi connectivity index (χ1) is 14.9. The van der Waals surface area contributed by atoms with Gasteiger partial charge in [-0.05, 0) is 0 Å². The van der Waals surface area contributed by atoms with Gasteiger partial charge in [-0.1, -0.05) is 0 Å². The van der Waals surface area contributed by atoms with Crippen LogP contribution in [-0.4, -0.2) is 5.49 Å². The van der Waals surface area contributed by atoms with Crippen molar-refractivity contribution in [2.45, 2.75) is 85.7 Å². The van der Waals surface area contributed by atoms with Gasteiger partial charge in [0.1, 0.15) is 0 Å². The van der Waals surface area contributed by atoms with Gasteiger partial charge in [0.25, 0.3) is 0 Å². The van der Waals surface area contributed by atoms with E-state index >= 15 is 0 Å². The summed E-state index contributed by atoms with van der Waals surface area (Å²) in [6, 6.07) is 15.0. The average Bonchev–Trinajstić information content (AvgIpc) is 3.33. The Labute approximate surface area is 204 Å². The normalized spacial score (nSPS) is 17.2. The van der Waals surface area contributed by atoms with Gasteiger partial charge in [0.15, 0.2) is 0 Å². The Kier molecular flexibility index (Phi) is 6.53. The summed E-state index contributed by atoms with van der Waals surface area (Å²) in [5, 5.41) is 0. The molecule has 4 rings (SSSR count). The predicted molar refractivity (Wildman–Crippen MR) is 140 cm³/mol. The molecule has 2 aliphatic rings. The maximum atomic E-state index is 2.67. The summed E-state index contributed by atoms with van der Waals surface area (Å²) in [6.45, 7) is 21.7. The molecule has 32 heavy (non-hydrogen) atoms. The van der Waals surface area contributed by atoms with E-state index in [1.165, 1.54) is 22.3 Å². The van der Waals surface area contributed by atoms with Crippen LogP contribution >= 0.6 is 0 Å². The molecule has 0 saturated heterocycles. The van der Waals surface area contributed by atoms with Gasteiger partial charge in [-0.2, -0.15) is 0 Å². The fourth-order valence-electron chi connectivity index (χ4n) is 5.17.